The first-order chi connectivity index (χ1) is 9.65. The minimum absolute atomic E-state index is 0.0246. The lowest BCUT2D eigenvalue weighted by Crippen LogP contribution is -2.31. The molecule has 0 saturated carbocycles. The second kappa shape index (κ2) is 7.02. The van der Waals surface area contributed by atoms with E-state index in [1.54, 1.807) is 19.1 Å². The van der Waals surface area contributed by atoms with E-state index in [2.05, 4.69) is 16.6 Å². The largest absolute Gasteiger partial charge is 0.320 e. The van der Waals surface area contributed by atoms with E-state index in [0.717, 1.165) is 5.56 Å². The van der Waals surface area contributed by atoms with Crippen LogP contribution in [-0.2, 0) is 20.0 Å². The Kier molecular flexibility index (Phi) is 5.88. The summed E-state index contributed by atoms with van der Waals surface area (Å²) < 4.78 is 48.1. The molecule has 0 aromatic heterocycles. The Morgan fingerprint density at radius 3 is 2.48 bits per heavy atom. The van der Waals surface area contributed by atoms with Crippen LogP contribution in [0.4, 0.5) is 0 Å². The Labute approximate surface area is 124 Å². The molecule has 0 unspecified atom stereocenters. The normalized spacial score (nSPS) is 11.8. The lowest BCUT2D eigenvalue weighted by Gasteiger charge is -2.09. The number of hydrogen-bond donors (Lipinski definition) is 3. The molecule has 7 nitrogen and oxygen atoms in total. The SMILES string of the molecule is Cc1ccc(S(=O)(=O)NCCS(N)(=O)=O)c(C#CCN)c1. The lowest BCUT2D eigenvalue weighted by atomic mass is 10.1. The molecule has 0 aliphatic rings. The van der Waals surface area contributed by atoms with Crippen LogP contribution in [0.25, 0.3) is 0 Å². The molecule has 116 valence electrons. The molecule has 0 fully saturated rings. The van der Waals surface area contributed by atoms with Crippen LogP contribution in [0.5, 0.6) is 0 Å². The third-order valence-corrected chi connectivity index (χ3v) is 4.72. The number of primary sulfonamides is 1. The quantitative estimate of drug-likeness (QED) is 0.587. The van der Waals surface area contributed by atoms with E-state index in [-0.39, 0.29) is 18.0 Å². The van der Waals surface area contributed by atoms with E-state index in [9.17, 15) is 16.8 Å². The van der Waals surface area contributed by atoms with Crippen LogP contribution in [-0.4, -0.2) is 35.7 Å². The summed E-state index contributed by atoms with van der Waals surface area (Å²) in [6.45, 7) is 1.60. The Hall–Kier alpha value is -1.44. The van der Waals surface area contributed by atoms with Crippen molar-refractivity contribution in [2.45, 2.75) is 11.8 Å². The molecule has 0 aliphatic heterocycles. The molecule has 9 heteroatoms. The summed E-state index contributed by atoms with van der Waals surface area (Å²) >= 11 is 0. The molecule has 5 N–H and O–H groups in total. The van der Waals surface area contributed by atoms with Gasteiger partial charge in [0.1, 0.15) is 0 Å². The summed E-state index contributed by atoms with van der Waals surface area (Å²) in [4.78, 5) is -0.0246. The Morgan fingerprint density at radius 2 is 1.90 bits per heavy atom. The third-order valence-electron chi connectivity index (χ3n) is 2.43. The fraction of sp³-hybridized carbons (Fsp3) is 0.333. The number of aryl methyl sites for hydroxylation is 1. The summed E-state index contributed by atoms with van der Waals surface area (Å²) in [6, 6.07) is 4.66. The molecule has 0 aliphatic carbocycles. The maximum absolute atomic E-state index is 12.2. The van der Waals surface area contributed by atoms with Crippen LogP contribution < -0.4 is 15.6 Å². The fourth-order valence-electron chi connectivity index (χ4n) is 1.52. The van der Waals surface area contributed by atoms with Gasteiger partial charge >= 0.3 is 0 Å². The molecular weight excluding hydrogens is 314 g/mol. The van der Waals surface area contributed by atoms with Crippen LogP contribution in [0.15, 0.2) is 23.1 Å². The van der Waals surface area contributed by atoms with Gasteiger partial charge in [0.05, 0.1) is 17.2 Å². The highest BCUT2D eigenvalue weighted by Crippen LogP contribution is 2.16. The Morgan fingerprint density at radius 1 is 1.24 bits per heavy atom. The molecule has 21 heavy (non-hydrogen) atoms. The number of hydrogen-bond acceptors (Lipinski definition) is 5. The van der Waals surface area contributed by atoms with Gasteiger partial charge in [-0.2, -0.15) is 0 Å². The number of benzene rings is 1. The third kappa shape index (κ3) is 5.82. The number of rotatable bonds is 5. The second-order valence-electron chi connectivity index (χ2n) is 4.27. The van der Waals surface area contributed by atoms with Crippen molar-refractivity contribution >= 4 is 20.0 Å². The van der Waals surface area contributed by atoms with Gasteiger partial charge in [-0.25, -0.2) is 26.7 Å². The second-order valence-corrected chi connectivity index (χ2v) is 7.74. The molecule has 0 saturated heterocycles. The van der Waals surface area contributed by atoms with Crippen molar-refractivity contribution in [2.24, 2.45) is 10.9 Å². The summed E-state index contributed by atoms with van der Waals surface area (Å²) in [5, 5.41) is 4.82. The standard InChI is InChI=1S/C12H17N3O4S2/c1-10-4-5-12(11(9-10)3-2-6-13)21(18,19)15-7-8-20(14,16)17/h4-5,9,15H,6-8,13H2,1H3,(H2,14,16,17). The molecule has 0 bridgehead atoms. The summed E-state index contributed by atoms with van der Waals surface area (Å²) in [5.41, 5.74) is 6.44. The average Bonchev–Trinajstić information content (AvgIpc) is 2.34. The van der Waals surface area contributed by atoms with E-state index >= 15 is 0 Å². The first kappa shape index (κ1) is 17.6. The van der Waals surface area contributed by atoms with Gasteiger partial charge in [-0.3, -0.25) is 0 Å². The van der Waals surface area contributed by atoms with Gasteiger partial charge in [0.2, 0.25) is 20.0 Å². The smallest absolute Gasteiger partial charge is 0.241 e. The van der Waals surface area contributed by atoms with Crippen LogP contribution >= 0.6 is 0 Å². The fourth-order valence-corrected chi connectivity index (χ4v) is 3.21. The molecule has 0 amide bonds. The van der Waals surface area contributed by atoms with E-state index in [1.807, 2.05) is 0 Å². The zero-order chi connectivity index (χ0) is 16.1. The maximum atomic E-state index is 12.2. The highest BCUT2D eigenvalue weighted by molar-refractivity contribution is 7.90. The topological polar surface area (TPSA) is 132 Å². The van der Waals surface area contributed by atoms with E-state index in [0.29, 0.717) is 5.56 Å². The average molecular weight is 331 g/mol. The molecule has 1 aromatic rings. The Balaban J connectivity index is 3.08. The van der Waals surface area contributed by atoms with Gasteiger partial charge in [-0.15, -0.1) is 0 Å². The zero-order valence-corrected chi connectivity index (χ0v) is 13.1. The maximum Gasteiger partial charge on any atom is 0.241 e. The van der Waals surface area contributed by atoms with Gasteiger partial charge in [0, 0.05) is 12.1 Å². The zero-order valence-electron chi connectivity index (χ0n) is 11.5. The molecule has 0 radical (unpaired) electrons. The van der Waals surface area contributed by atoms with Crippen molar-refractivity contribution in [1.29, 1.82) is 0 Å². The first-order valence-electron chi connectivity index (χ1n) is 5.95. The molecule has 0 spiro atoms. The molecule has 0 atom stereocenters. The van der Waals surface area contributed by atoms with Crippen molar-refractivity contribution in [2.75, 3.05) is 18.8 Å². The van der Waals surface area contributed by atoms with Gasteiger partial charge in [0.15, 0.2) is 0 Å². The van der Waals surface area contributed by atoms with Crippen molar-refractivity contribution < 1.29 is 16.8 Å². The molecular formula is C12H17N3O4S2. The molecule has 1 rings (SSSR count). The van der Waals surface area contributed by atoms with Crippen LogP contribution in [0.1, 0.15) is 11.1 Å². The van der Waals surface area contributed by atoms with Crippen LogP contribution in [0.3, 0.4) is 0 Å². The summed E-state index contributed by atoms with van der Waals surface area (Å²) in [6.07, 6.45) is 0. The van der Waals surface area contributed by atoms with Gasteiger partial charge < -0.3 is 5.73 Å². The number of nitrogens with one attached hydrogen (secondary N) is 1. The van der Waals surface area contributed by atoms with Gasteiger partial charge in [-0.1, -0.05) is 17.9 Å². The minimum atomic E-state index is -3.87. The predicted octanol–water partition coefficient (Wildman–Crippen LogP) is -1.13. The predicted molar refractivity (Wildman–Crippen MR) is 80.3 cm³/mol. The number of sulfonamides is 2. The van der Waals surface area contributed by atoms with E-state index < -0.39 is 25.8 Å². The number of nitrogens with two attached hydrogens (primary N) is 2. The molecule has 1 aromatic carbocycles. The molecule has 0 heterocycles. The van der Waals surface area contributed by atoms with Crippen LogP contribution in [0.2, 0.25) is 0 Å². The van der Waals surface area contributed by atoms with E-state index in [1.165, 1.54) is 6.07 Å². The lowest BCUT2D eigenvalue weighted by molar-refractivity contribution is 0.581. The monoisotopic (exact) mass is 331 g/mol. The minimum Gasteiger partial charge on any atom is -0.320 e. The summed E-state index contributed by atoms with van der Waals surface area (Å²) in [5.74, 6) is 4.80. The first-order valence-corrected chi connectivity index (χ1v) is 9.15. The van der Waals surface area contributed by atoms with Gasteiger partial charge in [0.25, 0.3) is 0 Å². The van der Waals surface area contributed by atoms with Crippen molar-refractivity contribution in [1.82, 2.24) is 4.72 Å². The van der Waals surface area contributed by atoms with E-state index in [4.69, 9.17) is 10.9 Å². The van der Waals surface area contributed by atoms with Gasteiger partial charge in [-0.05, 0) is 24.6 Å². The van der Waals surface area contributed by atoms with Crippen molar-refractivity contribution in [3.8, 4) is 11.8 Å². The highest BCUT2D eigenvalue weighted by Gasteiger charge is 2.18. The Bertz CT molecular complexity index is 774. The van der Waals surface area contributed by atoms with Crippen LogP contribution in [0, 0.1) is 18.8 Å². The summed E-state index contributed by atoms with van der Waals surface area (Å²) in [7, 11) is -7.61. The van der Waals surface area contributed by atoms with Crippen molar-refractivity contribution in [3.05, 3.63) is 29.3 Å². The highest BCUT2D eigenvalue weighted by atomic mass is 32.2. The van der Waals surface area contributed by atoms with Crippen molar-refractivity contribution in [3.63, 3.8) is 0 Å².